The lowest BCUT2D eigenvalue weighted by atomic mass is 9.47. The van der Waals surface area contributed by atoms with Gasteiger partial charge in [0.15, 0.2) is 5.78 Å². The molecule has 0 radical (unpaired) electrons. The number of halogens is 1. The Morgan fingerprint density at radius 1 is 1.35 bits per heavy atom. The fourth-order valence-electron chi connectivity index (χ4n) is 6.81. The van der Waals surface area contributed by atoms with Crippen molar-refractivity contribution in [1.29, 1.82) is 0 Å². The van der Waals surface area contributed by atoms with Crippen LogP contribution in [0.25, 0.3) is 0 Å². The van der Waals surface area contributed by atoms with Crippen LogP contribution in [0, 0.1) is 28.6 Å². The van der Waals surface area contributed by atoms with Crippen molar-refractivity contribution in [2.24, 2.45) is 28.6 Å². The Morgan fingerprint density at radius 3 is 2.77 bits per heavy atom. The molecular formula is C21H29BrO4. The molecule has 0 aromatic carbocycles. The normalized spacial score (nSPS) is 50.3. The van der Waals surface area contributed by atoms with E-state index in [9.17, 15) is 14.7 Å². The Kier molecular flexibility index (Phi) is 4.43. The molecule has 4 nitrogen and oxygen atoms in total. The Bertz CT molecular complexity index is 673. The minimum atomic E-state index is -0.411. The second kappa shape index (κ2) is 6.16. The van der Waals surface area contributed by atoms with E-state index in [1.54, 1.807) is 0 Å². The lowest BCUT2D eigenvalue weighted by Gasteiger charge is -2.58. The van der Waals surface area contributed by atoms with Crippen LogP contribution in [0.1, 0.15) is 59.3 Å². The fourth-order valence-corrected chi connectivity index (χ4v) is 7.74. The average molecular weight is 425 g/mol. The van der Waals surface area contributed by atoms with Crippen LogP contribution in [0.5, 0.6) is 0 Å². The standard InChI is InChI=1S/C21H29BrO4/c1-11(23)26-17-10-21(3)15(9-16(22)19(21)25)14-5-4-12-8-13(24)6-7-20(12,2)18(14)17/h4,13-18,24H,5-10H2,1-3H3/t13-,14?,15?,16+,17-,18?,20-,21-/m0/s1. The maximum atomic E-state index is 12.9. The van der Waals surface area contributed by atoms with Crippen molar-refractivity contribution in [3.05, 3.63) is 11.6 Å². The number of hydrogen-bond donors (Lipinski definition) is 1. The highest BCUT2D eigenvalue weighted by Crippen LogP contribution is 2.65. The number of alkyl halides is 1. The molecule has 0 bridgehead atoms. The molecule has 0 aromatic heterocycles. The molecule has 0 heterocycles. The topological polar surface area (TPSA) is 63.6 Å². The van der Waals surface area contributed by atoms with Crippen LogP contribution < -0.4 is 0 Å². The van der Waals surface area contributed by atoms with E-state index in [1.807, 2.05) is 0 Å². The number of aliphatic hydroxyl groups is 1. The van der Waals surface area contributed by atoms with E-state index in [1.165, 1.54) is 12.5 Å². The third-order valence-electron chi connectivity index (χ3n) is 8.01. The summed E-state index contributed by atoms with van der Waals surface area (Å²) in [6.07, 6.45) is 6.74. The Labute approximate surface area is 163 Å². The van der Waals surface area contributed by atoms with Crippen LogP contribution in [0.15, 0.2) is 11.6 Å². The van der Waals surface area contributed by atoms with Gasteiger partial charge in [-0.15, -0.1) is 0 Å². The first-order valence-electron chi connectivity index (χ1n) is 9.90. The quantitative estimate of drug-likeness (QED) is 0.395. The van der Waals surface area contributed by atoms with Gasteiger partial charge in [-0.05, 0) is 55.8 Å². The molecule has 4 aliphatic rings. The minimum absolute atomic E-state index is 0.0446. The number of carbonyl (C=O) groups is 2. The predicted octanol–water partition coefficient (Wildman–Crippen LogP) is 3.79. The molecule has 3 fully saturated rings. The van der Waals surface area contributed by atoms with Gasteiger partial charge in [0.2, 0.25) is 0 Å². The van der Waals surface area contributed by atoms with Crippen molar-refractivity contribution < 1.29 is 19.4 Å². The van der Waals surface area contributed by atoms with Crippen LogP contribution in [0.2, 0.25) is 0 Å². The maximum Gasteiger partial charge on any atom is 0.302 e. The summed E-state index contributed by atoms with van der Waals surface area (Å²) in [5.74, 6) is 0.943. The van der Waals surface area contributed by atoms with Gasteiger partial charge in [0.25, 0.3) is 0 Å². The first-order valence-corrected chi connectivity index (χ1v) is 10.8. The number of ether oxygens (including phenoxy) is 1. The summed E-state index contributed by atoms with van der Waals surface area (Å²) in [6.45, 7) is 5.85. The van der Waals surface area contributed by atoms with Crippen molar-refractivity contribution in [3.63, 3.8) is 0 Å². The molecule has 26 heavy (non-hydrogen) atoms. The number of Topliss-reactive ketones (excluding diaryl/α,β-unsaturated/α-hetero) is 1. The molecule has 1 N–H and O–H groups in total. The summed E-state index contributed by atoms with van der Waals surface area (Å²) >= 11 is 3.60. The summed E-state index contributed by atoms with van der Waals surface area (Å²) < 4.78 is 5.86. The fraction of sp³-hybridized carbons (Fsp3) is 0.810. The molecule has 144 valence electrons. The average Bonchev–Trinajstić information content (AvgIpc) is 2.78. The summed E-state index contributed by atoms with van der Waals surface area (Å²) in [5.41, 5.74) is 0.875. The van der Waals surface area contributed by atoms with Crippen LogP contribution in [-0.4, -0.2) is 33.9 Å². The van der Waals surface area contributed by atoms with Gasteiger partial charge >= 0.3 is 5.97 Å². The predicted molar refractivity (Wildman–Crippen MR) is 102 cm³/mol. The molecule has 3 saturated carbocycles. The zero-order valence-electron chi connectivity index (χ0n) is 15.8. The molecule has 4 aliphatic carbocycles. The SMILES string of the molecule is CC(=O)O[C@H]1C[C@]2(C)C(=O)[C@H](Br)CC2C2CC=C3C[C@@H](O)CC[C@]3(C)C21. The van der Waals surface area contributed by atoms with E-state index in [2.05, 4.69) is 35.9 Å². The van der Waals surface area contributed by atoms with Gasteiger partial charge in [-0.3, -0.25) is 9.59 Å². The van der Waals surface area contributed by atoms with Crippen LogP contribution in [0.4, 0.5) is 0 Å². The molecule has 0 spiro atoms. The number of allylic oxidation sites excluding steroid dienone is 1. The monoisotopic (exact) mass is 424 g/mol. The zero-order chi connectivity index (χ0) is 18.9. The number of hydrogen-bond acceptors (Lipinski definition) is 4. The highest BCUT2D eigenvalue weighted by atomic mass is 79.9. The Balaban J connectivity index is 1.78. The largest absolute Gasteiger partial charge is 0.462 e. The Morgan fingerprint density at radius 2 is 2.08 bits per heavy atom. The van der Waals surface area contributed by atoms with Gasteiger partial charge in [-0.1, -0.05) is 41.4 Å². The van der Waals surface area contributed by atoms with Gasteiger partial charge < -0.3 is 9.84 Å². The summed E-state index contributed by atoms with van der Waals surface area (Å²) in [5, 5.41) is 10.2. The molecule has 0 aliphatic heterocycles. The molecule has 5 heteroatoms. The van der Waals surface area contributed by atoms with Crippen molar-refractivity contribution in [3.8, 4) is 0 Å². The summed E-state index contributed by atoms with van der Waals surface area (Å²) in [7, 11) is 0. The molecular weight excluding hydrogens is 396 g/mol. The van der Waals surface area contributed by atoms with Crippen LogP contribution in [0.3, 0.4) is 0 Å². The lowest BCUT2D eigenvalue weighted by molar-refractivity contribution is -0.173. The van der Waals surface area contributed by atoms with Crippen LogP contribution >= 0.6 is 15.9 Å². The van der Waals surface area contributed by atoms with Crippen molar-refractivity contribution in [1.82, 2.24) is 0 Å². The van der Waals surface area contributed by atoms with E-state index in [-0.39, 0.29) is 40.1 Å². The van der Waals surface area contributed by atoms with Gasteiger partial charge in [0.05, 0.1) is 10.9 Å². The molecule has 0 aromatic rings. The molecule has 0 amide bonds. The molecule has 8 atom stereocenters. The number of fused-ring (bicyclic) bond motifs is 5. The van der Waals surface area contributed by atoms with Gasteiger partial charge in [-0.2, -0.15) is 0 Å². The molecule has 3 unspecified atom stereocenters. The first kappa shape index (κ1) is 18.7. The second-order valence-electron chi connectivity index (χ2n) is 9.41. The van der Waals surface area contributed by atoms with Crippen molar-refractivity contribution in [2.75, 3.05) is 0 Å². The second-order valence-corrected chi connectivity index (χ2v) is 10.5. The lowest BCUT2D eigenvalue weighted by Crippen LogP contribution is -2.57. The van der Waals surface area contributed by atoms with Crippen molar-refractivity contribution >= 4 is 27.7 Å². The van der Waals surface area contributed by atoms with E-state index < -0.39 is 5.41 Å². The number of carbonyl (C=O) groups excluding carboxylic acids is 2. The smallest absolute Gasteiger partial charge is 0.302 e. The van der Waals surface area contributed by atoms with E-state index in [0.717, 1.165) is 32.1 Å². The van der Waals surface area contributed by atoms with E-state index in [4.69, 9.17) is 4.74 Å². The minimum Gasteiger partial charge on any atom is -0.462 e. The number of ketones is 1. The third-order valence-corrected chi connectivity index (χ3v) is 8.80. The summed E-state index contributed by atoms with van der Waals surface area (Å²) in [4.78, 5) is 24.7. The first-order chi connectivity index (χ1) is 12.2. The van der Waals surface area contributed by atoms with Gasteiger partial charge in [0.1, 0.15) is 6.10 Å². The van der Waals surface area contributed by atoms with Crippen molar-refractivity contribution in [2.45, 2.75) is 76.3 Å². The summed E-state index contributed by atoms with van der Waals surface area (Å²) in [6, 6.07) is 0. The number of esters is 1. The van der Waals surface area contributed by atoms with Gasteiger partial charge in [-0.25, -0.2) is 0 Å². The third kappa shape index (κ3) is 2.56. The Hall–Kier alpha value is -0.680. The highest BCUT2D eigenvalue weighted by molar-refractivity contribution is 9.10. The zero-order valence-corrected chi connectivity index (χ0v) is 17.4. The maximum absolute atomic E-state index is 12.9. The highest BCUT2D eigenvalue weighted by Gasteiger charge is 2.64. The van der Waals surface area contributed by atoms with E-state index in [0.29, 0.717) is 18.3 Å². The number of rotatable bonds is 1. The van der Waals surface area contributed by atoms with Crippen LogP contribution in [-0.2, 0) is 14.3 Å². The number of aliphatic hydroxyl groups excluding tert-OH is 1. The molecule has 4 rings (SSSR count). The molecule has 0 saturated heterocycles. The van der Waals surface area contributed by atoms with E-state index >= 15 is 0 Å². The van der Waals surface area contributed by atoms with Gasteiger partial charge in [0, 0.05) is 18.3 Å².